The molecule has 0 bridgehead atoms. The number of nitrogens with zero attached hydrogens (tertiary/aromatic N) is 2. The Labute approximate surface area is 117 Å². The third kappa shape index (κ3) is 3.55. The van der Waals surface area contributed by atoms with E-state index in [4.69, 9.17) is 0 Å². The van der Waals surface area contributed by atoms with Crippen LogP contribution in [0.25, 0.3) is 11.0 Å². The highest BCUT2D eigenvalue weighted by Gasteiger charge is 2.09. The van der Waals surface area contributed by atoms with Crippen molar-refractivity contribution in [1.29, 1.82) is 0 Å². The summed E-state index contributed by atoms with van der Waals surface area (Å²) in [6.07, 6.45) is 1.17. The summed E-state index contributed by atoms with van der Waals surface area (Å²) < 4.78 is 1.94. The lowest BCUT2D eigenvalue weighted by Crippen LogP contribution is -2.32. The van der Waals surface area contributed by atoms with Crippen LogP contribution < -0.4 is 10.6 Å². The molecule has 0 saturated carbocycles. The van der Waals surface area contributed by atoms with E-state index in [0.29, 0.717) is 19.6 Å². The summed E-state index contributed by atoms with van der Waals surface area (Å²) in [7, 11) is 1.94. The van der Waals surface area contributed by atoms with Crippen molar-refractivity contribution in [3.63, 3.8) is 0 Å². The maximum absolute atomic E-state index is 10.7. The number of aromatic nitrogens is 2. The standard InChI is InChI=1S/C14H20N4O2/c1-10(19)16-6-5-15-8-14(20)11-3-4-13-12(7-11)17-9-18(13)2/h3-4,7,9,14-15,20H,5-6,8H2,1-2H3,(H,16,19). The van der Waals surface area contributed by atoms with Crippen LogP contribution >= 0.6 is 0 Å². The number of aliphatic hydroxyl groups excluding tert-OH is 1. The summed E-state index contributed by atoms with van der Waals surface area (Å²) in [5, 5.41) is 15.9. The molecular weight excluding hydrogens is 256 g/mol. The van der Waals surface area contributed by atoms with Crippen molar-refractivity contribution < 1.29 is 9.90 Å². The lowest BCUT2D eigenvalue weighted by Gasteiger charge is -2.12. The number of carbonyl (C=O) groups excluding carboxylic acids is 1. The number of fused-ring (bicyclic) bond motifs is 1. The van der Waals surface area contributed by atoms with E-state index in [1.54, 1.807) is 6.33 Å². The van der Waals surface area contributed by atoms with Gasteiger partial charge in [-0.15, -0.1) is 0 Å². The summed E-state index contributed by atoms with van der Waals surface area (Å²) in [6.45, 7) is 3.11. The van der Waals surface area contributed by atoms with E-state index in [2.05, 4.69) is 15.6 Å². The largest absolute Gasteiger partial charge is 0.387 e. The van der Waals surface area contributed by atoms with E-state index >= 15 is 0 Å². The number of benzene rings is 1. The van der Waals surface area contributed by atoms with Crippen molar-refractivity contribution in [2.24, 2.45) is 7.05 Å². The Morgan fingerprint density at radius 3 is 3.00 bits per heavy atom. The van der Waals surface area contributed by atoms with Crippen LogP contribution in [0, 0.1) is 0 Å². The Morgan fingerprint density at radius 1 is 1.45 bits per heavy atom. The first-order chi connectivity index (χ1) is 9.58. The smallest absolute Gasteiger partial charge is 0.216 e. The van der Waals surface area contributed by atoms with Gasteiger partial charge in [-0.3, -0.25) is 4.79 Å². The van der Waals surface area contributed by atoms with Crippen molar-refractivity contribution in [2.45, 2.75) is 13.0 Å². The van der Waals surface area contributed by atoms with Crippen LogP contribution in [0.5, 0.6) is 0 Å². The maximum Gasteiger partial charge on any atom is 0.216 e. The van der Waals surface area contributed by atoms with Crippen LogP contribution in [-0.2, 0) is 11.8 Å². The Hall–Kier alpha value is -1.92. The number of hydrogen-bond donors (Lipinski definition) is 3. The number of aliphatic hydroxyl groups is 1. The summed E-state index contributed by atoms with van der Waals surface area (Å²) in [4.78, 5) is 15.0. The molecule has 0 saturated heterocycles. The molecule has 1 aromatic carbocycles. The molecule has 0 fully saturated rings. The van der Waals surface area contributed by atoms with E-state index in [1.807, 2.05) is 29.8 Å². The predicted octanol–water partition coefficient (Wildman–Crippen LogP) is 0.332. The summed E-state index contributed by atoms with van der Waals surface area (Å²) in [5.41, 5.74) is 2.75. The molecule has 0 aliphatic carbocycles. The fourth-order valence-electron chi connectivity index (χ4n) is 2.04. The third-order valence-corrected chi connectivity index (χ3v) is 3.15. The van der Waals surface area contributed by atoms with E-state index in [9.17, 15) is 9.90 Å². The zero-order valence-electron chi connectivity index (χ0n) is 11.8. The van der Waals surface area contributed by atoms with Gasteiger partial charge in [-0.1, -0.05) is 6.07 Å². The first-order valence-electron chi connectivity index (χ1n) is 6.62. The lowest BCUT2D eigenvalue weighted by atomic mass is 10.1. The molecule has 2 rings (SSSR count). The molecule has 0 aliphatic rings. The summed E-state index contributed by atoms with van der Waals surface area (Å²) >= 11 is 0. The minimum Gasteiger partial charge on any atom is -0.387 e. The van der Waals surface area contributed by atoms with Gasteiger partial charge < -0.3 is 20.3 Å². The molecule has 20 heavy (non-hydrogen) atoms. The number of carbonyl (C=O) groups is 1. The molecule has 1 aromatic heterocycles. The zero-order chi connectivity index (χ0) is 14.5. The molecule has 108 valence electrons. The van der Waals surface area contributed by atoms with Gasteiger partial charge >= 0.3 is 0 Å². The molecule has 1 heterocycles. The first-order valence-corrected chi connectivity index (χ1v) is 6.62. The fraction of sp³-hybridized carbons (Fsp3) is 0.429. The molecule has 3 N–H and O–H groups in total. The number of amides is 1. The number of hydrogen-bond acceptors (Lipinski definition) is 4. The Bertz CT molecular complexity index is 594. The van der Waals surface area contributed by atoms with Gasteiger partial charge in [-0.25, -0.2) is 4.98 Å². The molecule has 2 aromatic rings. The molecule has 0 radical (unpaired) electrons. The minimum absolute atomic E-state index is 0.0482. The third-order valence-electron chi connectivity index (χ3n) is 3.15. The molecule has 1 atom stereocenters. The van der Waals surface area contributed by atoms with Gasteiger partial charge in [-0.2, -0.15) is 0 Å². The van der Waals surface area contributed by atoms with Crippen molar-refractivity contribution in [3.05, 3.63) is 30.1 Å². The van der Waals surface area contributed by atoms with E-state index in [0.717, 1.165) is 16.6 Å². The number of rotatable bonds is 6. The van der Waals surface area contributed by atoms with Crippen molar-refractivity contribution in [3.8, 4) is 0 Å². The molecule has 1 unspecified atom stereocenters. The molecular formula is C14H20N4O2. The van der Waals surface area contributed by atoms with Crippen molar-refractivity contribution >= 4 is 16.9 Å². The SMILES string of the molecule is CC(=O)NCCNCC(O)c1ccc2c(c1)ncn2C. The Morgan fingerprint density at radius 2 is 2.25 bits per heavy atom. The fourth-order valence-corrected chi connectivity index (χ4v) is 2.04. The van der Waals surface area contributed by atoms with Crippen LogP contribution in [0.2, 0.25) is 0 Å². The van der Waals surface area contributed by atoms with Gasteiger partial charge in [0.1, 0.15) is 0 Å². The number of nitrogens with one attached hydrogen (secondary N) is 2. The van der Waals surface area contributed by atoms with Crippen LogP contribution in [0.3, 0.4) is 0 Å². The van der Waals surface area contributed by atoms with Gasteiger partial charge in [0.2, 0.25) is 5.91 Å². The van der Waals surface area contributed by atoms with Crippen molar-refractivity contribution in [2.75, 3.05) is 19.6 Å². The number of aryl methyl sites for hydroxylation is 1. The van der Waals surface area contributed by atoms with Crippen molar-refractivity contribution in [1.82, 2.24) is 20.2 Å². The normalized spacial score (nSPS) is 12.6. The Balaban J connectivity index is 1.87. The molecule has 0 aliphatic heterocycles. The quantitative estimate of drug-likeness (QED) is 0.664. The second-order valence-corrected chi connectivity index (χ2v) is 4.81. The minimum atomic E-state index is -0.585. The molecule has 1 amide bonds. The molecule has 6 heteroatoms. The van der Waals surface area contributed by atoms with Crippen LogP contribution in [0.1, 0.15) is 18.6 Å². The predicted molar refractivity (Wildman–Crippen MR) is 77.2 cm³/mol. The average molecular weight is 276 g/mol. The van der Waals surface area contributed by atoms with E-state index in [-0.39, 0.29) is 5.91 Å². The average Bonchev–Trinajstić information content (AvgIpc) is 2.79. The van der Waals surface area contributed by atoms with Gasteiger partial charge in [0.15, 0.2) is 0 Å². The second kappa shape index (κ2) is 6.49. The van der Waals surface area contributed by atoms with Crippen LogP contribution in [0.15, 0.2) is 24.5 Å². The van der Waals surface area contributed by atoms with Gasteiger partial charge in [0, 0.05) is 33.6 Å². The monoisotopic (exact) mass is 276 g/mol. The van der Waals surface area contributed by atoms with Gasteiger partial charge in [0.25, 0.3) is 0 Å². The maximum atomic E-state index is 10.7. The van der Waals surface area contributed by atoms with Gasteiger partial charge in [-0.05, 0) is 17.7 Å². The lowest BCUT2D eigenvalue weighted by molar-refractivity contribution is -0.118. The molecule has 0 spiro atoms. The topological polar surface area (TPSA) is 79.2 Å². The number of imidazole rings is 1. The van der Waals surface area contributed by atoms with E-state index in [1.165, 1.54) is 6.92 Å². The zero-order valence-corrected chi connectivity index (χ0v) is 11.8. The second-order valence-electron chi connectivity index (χ2n) is 4.81. The summed E-state index contributed by atoms with van der Waals surface area (Å²) in [6, 6.07) is 5.76. The Kier molecular flexibility index (Phi) is 4.70. The molecule has 6 nitrogen and oxygen atoms in total. The van der Waals surface area contributed by atoms with E-state index < -0.39 is 6.10 Å². The highest BCUT2D eigenvalue weighted by Crippen LogP contribution is 2.18. The first kappa shape index (κ1) is 14.5. The van der Waals surface area contributed by atoms with Gasteiger partial charge in [0.05, 0.1) is 23.5 Å². The van der Waals surface area contributed by atoms with Crippen LogP contribution in [-0.4, -0.2) is 40.2 Å². The summed E-state index contributed by atoms with van der Waals surface area (Å²) in [5.74, 6) is -0.0482. The van der Waals surface area contributed by atoms with Crippen LogP contribution in [0.4, 0.5) is 0 Å². The highest BCUT2D eigenvalue weighted by atomic mass is 16.3. The highest BCUT2D eigenvalue weighted by molar-refractivity contribution is 5.76.